The van der Waals surface area contributed by atoms with Gasteiger partial charge in [-0.2, -0.15) is 10.2 Å². The van der Waals surface area contributed by atoms with Crippen LogP contribution in [0, 0.1) is 0 Å². The van der Waals surface area contributed by atoms with Gasteiger partial charge >= 0.3 is 0 Å². The average molecular weight is 454 g/mol. The molecule has 4 aromatic rings. The molecular formula is C21H24ClN9O. The third kappa shape index (κ3) is 4.77. The summed E-state index contributed by atoms with van der Waals surface area (Å²) in [6.45, 7) is 5.91. The number of rotatable bonds is 6. The molecule has 0 unspecified atom stereocenters. The van der Waals surface area contributed by atoms with Gasteiger partial charge in [-0.15, -0.1) is 12.4 Å². The van der Waals surface area contributed by atoms with Gasteiger partial charge in [-0.3, -0.25) is 14.4 Å². The van der Waals surface area contributed by atoms with Crippen molar-refractivity contribution in [1.29, 1.82) is 0 Å². The number of hydrogen-bond acceptors (Lipinski definition) is 8. The lowest BCUT2D eigenvalue weighted by atomic mass is 10.2. The SMILES string of the molecule is Cl.O=c1[nH]ncc2nc(-c3ccccc3)nc(Nc3cnn(CCN4CCNCC4)c3)c12. The van der Waals surface area contributed by atoms with Gasteiger partial charge in [0.05, 0.1) is 24.6 Å². The number of nitrogens with zero attached hydrogens (tertiary/aromatic N) is 6. The number of aromatic amines is 1. The molecule has 1 aromatic carbocycles. The first-order chi connectivity index (χ1) is 15.3. The molecule has 3 aromatic heterocycles. The summed E-state index contributed by atoms with van der Waals surface area (Å²) in [6.07, 6.45) is 5.20. The first kappa shape index (κ1) is 21.9. The number of fused-ring (bicyclic) bond motifs is 1. The van der Waals surface area contributed by atoms with Crippen LogP contribution >= 0.6 is 12.4 Å². The minimum absolute atomic E-state index is 0. The molecule has 166 valence electrons. The maximum absolute atomic E-state index is 12.5. The van der Waals surface area contributed by atoms with Crippen molar-refractivity contribution in [3.8, 4) is 11.4 Å². The topological polar surface area (TPSA) is 117 Å². The number of piperazine rings is 1. The second-order valence-electron chi connectivity index (χ2n) is 7.43. The van der Waals surface area contributed by atoms with E-state index in [1.54, 1.807) is 6.20 Å². The maximum atomic E-state index is 12.5. The smallest absolute Gasteiger partial charge is 0.277 e. The molecule has 0 spiro atoms. The maximum Gasteiger partial charge on any atom is 0.277 e. The second kappa shape index (κ2) is 9.86. The fourth-order valence-corrected chi connectivity index (χ4v) is 3.68. The van der Waals surface area contributed by atoms with E-state index in [-0.39, 0.29) is 18.0 Å². The van der Waals surface area contributed by atoms with Gasteiger partial charge in [-0.05, 0) is 0 Å². The molecule has 0 aliphatic carbocycles. The molecule has 3 N–H and O–H groups in total. The van der Waals surface area contributed by atoms with Crippen molar-refractivity contribution in [2.75, 3.05) is 38.0 Å². The molecule has 32 heavy (non-hydrogen) atoms. The van der Waals surface area contributed by atoms with Gasteiger partial charge in [-0.1, -0.05) is 30.3 Å². The van der Waals surface area contributed by atoms with Crippen LogP contribution in [0.5, 0.6) is 0 Å². The van der Waals surface area contributed by atoms with Crippen molar-refractivity contribution in [2.45, 2.75) is 6.54 Å². The van der Waals surface area contributed by atoms with E-state index in [0.717, 1.165) is 50.5 Å². The van der Waals surface area contributed by atoms with Crippen molar-refractivity contribution >= 4 is 34.8 Å². The Balaban J connectivity index is 0.00000245. The van der Waals surface area contributed by atoms with Crippen molar-refractivity contribution in [2.24, 2.45) is 0 Å². The average Bonchev–Trinajstić information content (AvgIpc) is 3.26. The van der Waals surface area contributed by atoms with Gasteiger partial charge in [0.25, 0.3) is 5.56 Å². The van der Waals surface area contributed by atoms with E-state index >= 15 is 0 Å². The largest absolute Gasteiger partial charge is 0.337 e. The first-order valence-electron chi connectivity index (χ1n) is 10.3. The number of hydrogen-bond donors (Lipinski definition) is 3. The van der Waals surface area contributed by atoms with Gasteiger partial charge in [0.1, 0.15) is 16.7 Å². The number of H-pyrrole nitrogens is 1. The van der Waals surface area contributed by atoms with E-state index in [1.165, 1.54) is 6.20 Å². The van der Waals surface area contributed by atoms with Crippen molar-refractivity contribution in [3.05, 3.63) is 59.3 Å². The molecule has 1 saturated heterocycles. The van der Waals surface area contributed by atoms with E-state index in [4.69, 9.17) is 0 Å². The van der Waals surface area contributed by atoms with Crippen molar-refractivity contribution in [3.63, 3.8) is 0 Å². The molecular weight excluding hydrogens is 430 g/mol. The summed E-state index contributed by atoms with van der Waals surface area (Å²) in [4.78, 5) is 24.0. The molecule has 0 saturated carbocycles. The Morgan fingerprint density at radius 3 is 2.66 bits per heavy atom. The molecule has 0 amide bonds. The highest BCUT2D eigenvalue weighted by atomic mass is 35.5. The molecule has 1 aliphatic heterocycles. The number of halogens is 1. The first-order valence-corrected chi connectivity index (χ1v) is 10.3. The summed E-state index contributed by atoms with van der Waals surface area (Å²) in [6, 6.07) is 9.65. The summed E-state index contributed by atoms with van der Waals surface area (Å²) in [7, 11) is 0. The quantitative estimate of drug-likeness (QED) is 0.403. The van der Waals surface area contributed by atoms with Crippen LogP contribution in [-0.2, 0) is 6.54 Å². The normalized spacial score (nSPS) is 14.2. The van der Waals surface area contributed by atoms with E-state index < -0.39 is 0 Å². The van der Waals surface area contributed by atoms with E-state index in [0.29, 0.717) is 22.5 Å². The van der Waals surface area contributed by atoms with Gasteiger partial charge in [0, 0.05) is 44.5 Å². The monoisotopic (exact) mass is 453 g/mol. The predicted molar refractivity (Wildman–Crippen MR) is 125 cm³/mol. The fraction of sp³-hybridized carbons (Fsp3) is 0.286. The third-order valence-corrected chi connectivity index (χ3v) is 5.30. The standard InChI is InChI=1S/C21H23N9O.ClH/c31-21-18-17(13-23-28-21)26-19(15-4-2-1-3-5-15)27-20(18)25-16-12-24-30(14-16)11-10-29-8-6-22-7-9-29;/h1-5,12-14,22H,6-11H2,(H,28,31)(H,25,26,27);1H. The lowest BCUT2D eigenvalue weighted by Gasteiger charge is -2.26. The zero-order valence-electron chi connectivity index (χ0n) is 17.4. The van der Waals surface area contributed by atoms with E-state index in [1.807, 2.05) is 41.2 Å². The summed E-state index contributed by atoms with van der Waals surface area (Å²) in [5.41, 5.74) is 1.76. The van der Waals surface area contributed by atoms with Gasteiger partial charge in [0.2, 0.25) is 0 Å². The molecule has 1 aliphatic rings. The summed E-state index contributed by atoms with van der Waals surface area (Å²) in [5, 5.41) is 17.8. The van der Waals surface area contributed by atoms with Gasteiger partial charge in [-0.25, -0.2) is 15.1 Å². The molecule has 4 heterocycles. The molecule has 0 bridgehead atoms. The Bertz CT molecular complexity index is 1230. The van der Waals surface area contributed by atoms with Crippen molar-refractivity contribution in [1.82, 2.24) is 40.2 Å². The zero-order chi connectivity index (χ0) is 21.0. The lowest BCUT2D eigenvalue weighted by Crippen LogP contribution is -2.44. The Morgan fingerprint density at radius 1 is 1.03 bits per heavy atom. The minimum Gasteiger partial charge on any atom is -0.337 e. The lowest BCUT2D eigenvalue weighted by molar-refractivity contribution is 0.229. The molecule has 5 rings (SSSR count). The van der Waals surface area contributed by atoms with Crippen LogP contribution in [0.3, 0.4) is 0 Å². The van der Waals surface area contributed by atoms with Crippen LogP contribution < -0.4 is 16.2 Å². The van der Waals surface area contributed by atoms with Crippen LogP contribution in [0.1, 0.15) is 0 Å². The summed E-state index contributed by atoms with van der Waals surface area (Å²) in [5.74, 6) is 0.947. The molecule has 11 heteroatoms. The number of nitrogens with one attached hydrogen (secondary N) is 3. The van der Waals surface area contributed by atoms with Gasteiger partial charge < -0.3 is 10.6 Å². The molecule has 0 radical (unpaired) electrons. The van der Waals surface area contributed by atoms with Crippen LogP contribution in [0.15, 0.2) is 53.7 Å². The molecule has 10 nitrogen and oxygen atoms in total. The third-order valence-electron chi connectivity index (χ3n) is 5.30. The van der Waals surface area contributed by atoms with E-state index in [2.05, 4.69) is 40.8 Å². The highest BCUT2D eigenvalue weighted by Crippen LogP contribution is 2.24. The second-order valence-corrected chi connectivity index (χ2v) is 7.43. The summed E-state index contributed by atoms with van der Waals surface area (Å²) >= 11 is 0. The predicted octanol–water partition coefficient (Wildman–Crippen LogP) is 1.65. The summed E-state index contributed by atoms with van der Waals surface area (Å²) < 4.78 is 1.90. The van der Waals surface area contributed by atoms with Crippen LogP contribution in [0.4, 0.5) is 11.5 Å². The Kier molecular flexibility index (Phi) is 6.74. The highest BCUT2D eigenvalue weighted by Gasteiger charge is 2.14. The number of benzene rings is 1. The minimum atomic E-state index is -0.342. The zero-order valence-corrected chi connectivity index (χ0v) is 18.2. The molecule has 0 atom stereocenters. The number of anilines is 2. The Labute approximate surface area is 190 Å². The Morgan fingerprint density at radius 2 is 1.84 bits per heavy atom. The molecule has 1 fully saturated rings. The fourth-order valence-electron chi connectivity index (χ4n) is 3.68. The van der Waals surface area contributed by atoms with Crippen LogP contribution in [0.25, 0.3) is 22.3 Å². The van der Waals surface area contributed by atoms with Crippen molar-refractivity contribution < 1.29 is 0 Å². The van der Waals surface area contributed by atoms with Crippen LogP contribution in [0.2, 0.25) is 0 Å². The highest BCUT2D eigenvalue weighted by molar-refractivity contribution is 5.90. The van der Waals surface area contributed by atoms with Crippen LogP contribution in [-0.4, -0.2) is 67.6 Å². The number of aromatic nitrogens is 6. The van der Waals surface area contributed by atoms with Gasteiger partial charge in [0.15, 0.2) is 5.82 Å². The Hall–Kier alpha value is -3.34. The van der Waals surface area contributed by atoms with E-state index in [9.17, 15) is 4.79 Å².